The number of nitrogens with zero attached hydrogens (tertiary/aromatic N) is 1. The van der Waals surface area contributed by atoms with Crippen molar-refractivity contribution in [3.63, 3.8) is 0 Å². The van der Waals surface area contributed by atoms with Crippen LogP contribution in [0.1, 0.15) is 42.9 Å². The number of rotatable bonds is 5. The molecule has 0 spiro atoms. The second-order valence-corrected chi connectivity index (χ2v) is 6.39. The summed E-state index contributed by atoms with van der Waals surface area (Å²) in [6.45, 7) is 1.99. The van der Waals surface area contributed by atoms with Gasteiger partial charge in [0.25, 0.3) is 0 Å². The van der Waals surface area contributed by atoms with E-state index in [1.807, 2.05) is 11.0 Å². The maximum atomic E-state index is 12.8. The van der Waals surface area contributed by atoms with Crippen LogP contribution in [-0.2, 0) is 11.2 Å². The maximum absolute atomic E-state index is 12.8. The molecule has 0 radical (unpaired) electrons. The lowest BCUT2D eigenvalue weighted by Crippen LogP contribution is -2.47. The second kappa shape index (κ2) is 7.79. The molecule has 1 saturated heterocycles. The SMILES string of the molecule is O=C(NC1CCOC1)N(CCCO)C1CCCc2ccccc21. The third-order valence-electron chi connectivity index (χ3n) is 4.79. The summed E-state index contributed by atoms with van der Waals surface area (Å²) in [5.74, 6) is 0. The van der Waals surface area contributed by atoms with E-state index < -0.39 is 0 Å². The average molecular weight is 318 g/mol. The molecule has 2 N–H and O–H groups in total. The molecule has 2 atom stereocenters. The topological polar surface area (TPSA) is 61.8 Å². The summed E-state index contributed by atoms with van der Waals surface area (Å²) < 4.78 is 5.35. The summed E-state index contributed by atoms with van der Waals surface area (Å²) in [6.07, 6.45) is 4.64. The number of aryl methyl sites for hydroxylation is 1. The van der Waals surface area contributed by atoms with Crippen molar-refractivity contribution < 1.29 is 14.6 Å². The molecule has 3 rings (SSSR count). The molecule has 1 heterocycles. The first-order valence-electron chi connectivity index (χ1n) is 8.63. The molecular weight excluding hydrogens is 292 g/mol. The van der Waals surface area contributed by atoms with Crippen molar-refractivity contribution in [1.29, 1.82) is 0 Å². The number of amides is 2. The molecule has 2 amide bonds. The fraction of sp³-hybridized carbons (Fsp3) is 0.611. The third kappa shape index (κ3) is 3.85. The van der Waals surface area contributed by atoms with Gasteiger partial charge in [0.15, 0.2) is 0 Å². The standard InChI is InChI=1S/C18H26N2O3/c21-11-4-10-20(18(22)19-15-9-12-23-13-15)17-8-3-6-14-5-1-2-7-16(14)17/h1-2,5,7,15,17,21H,3-4,6,8-13H2,(H,19,22). The van der Waals surface area contributed by atoms with Crippen molar-refractivity contribution in [3.05, 3.63) is 35.4 Å². The molecule has 5 heteroatoms. The van der Waals surface area contributed by atoms with E-state index in [0.29, 0.717) is 26.2 Å². The lowest BCUT2D eigenvalue weighted by molar-refractivity contribution is 0.150. The van der Waals surface area contributed by atoms with Crippen LogP contribution in [0.3, 0.4) is 0 Å². The fourth-order valence-electron chi connectivity index (χ4n) is 3.60. The van der Waals surface area contributed by atoms with E-state index in [1.54, 1.807) is 0 Å². The number of ether oxygens (including phenoxy) is 1. The fourth-order valence-corrected chi connectivity index (χ4v) is 3.60. The Bertz CT molecular complexity index is 529. The summed E-state index contributed by atoms with van der Waals surface area (Å²) >= 11 is 0. The van der Waals surface area contributed by atoms with Crippen LogP contribution in [0.15, 0.2) is 24.3 Å². The number of fused-ring (bicyclic) bond motifs is 1. The minimum absolute atomic E-state index is 0.0318. The molecule has 1 aliphatic carbocycles. The van der Waals surface area contributed by atoms with Gasteiger partial charge in [-0.3, -0.25) is 0 Å². The van der Waals surface area contributed by atoms with E-state index in [1.165, 1.54) is 11.1 Å². The van der Waals surface area contributed by atoms with E-state index in [-0.39, 0.29) is 24.7 Å². The van der Waals surface area contributed by atoms with E-state index in [4.69, 9.17) is 4.74 Å². The Kier molecular flexibility index (Phi) is 5.51. The van der Waals surface area contributed by atoms with Gasteiger partial charge >= 0.3 is 6.03 Å². The molecule has 2 unspecified atom stereocenters. The lowest BCUT2D eigenvalue weighted by Gasteiger charge is -2.36. The minimum Gasteiger partial charge on any atom is -0.396 e. The first-order valence-corrected chi connectivity index (χ1v) is 8.63. The number of nitrogens with one attached hydrogen (secondary N) is 1. The molecule has 126 valence electrons. The zero-order valence-electron chi connectivity index (χ0n) is 13.5. The number of aliphatic hydroxyl groups is 1. The largest absolute Gasteiger partial charge is 0.396 e. The molecular formula is C18H26N2O3. The predicted octanol–water partition coefficient (Wildman–Crippen LogP) is 2.25. The third-order valence-corrected chi connectivity index (χ3v) is 4.79. The Hall–Kier alpha value is -1.59. The van der Waals surface area contributed by atoms with E-state index in [2.05, 4.69) is 23.5 Å². The number of carbonyl (C=O) groups is 1. The van der Waals surface area contributed by atoms with Crippen molar-refractivity contribution >= 4 is 6.03 Å². The van der Waals surface area contributed by atoms with Gasteiger partial charge in [0.2, 0.25) is 0 Å². The number of hydrogen-bond acceptors (Lipinski definition) is 3. The molecule has 1 aliphatic heterocycles. The van der Waals surface area contributed by atoms with Crippen LogP contribution in [0.25, 0.3) is 0 Å². The lowest BCUT2D eigenvalue weighted by atomic mass is 9.87. The predicted molar refractivity (Wildman–Crippen MR) is 88.3 cm³/mol. The Morgan fingerprint density at radius 3 is 3.00 bits per heavy atom. The molecule has 0 bridgehead atoms. The zero-order chi connectivity index (χ0) is 16.1. The van der Waals surface area contributed by atoms with Crippen LogP contribution in [0, 0.1) is 0 Å². The van der Waals surface area contributed by atoms with Gasteiger partial charge in [0.05, 0.1) is 18.7 Å². The van der Waals surface area contributed by atoms with Gasteiger partial charge in [0, 0.05) is 19.8 Å². The normalized spacial score (nSPS) is 23.3. The monoisotopic (exact) mass is 318 g/mol. The van der Waals surface area contributed by atoms with Crippen LogP contribution in [-0.4, -0.2) is 48.4 Å². The molecule has 2 aliphatic rings. The van der Waals surface area contributed by atoms with Gasteiger partial charge in [-0.2, -0.15) is 0 Å². The van der Waals surface area contributed by atoms with Crippen molar-refractivity contribution in [3.8, 4) is 0 Å². The summed E-state index contributed by atoms with van der Waals surface area (Å²) in [7, 11) is 0. The first-order chi connectivity index (χ1) is 11.3. The smallest absolute Gasteiger partial charge is 0.318 e. The highest BCUT2D eigenvalue weighted by Crippen LogP contribution is 2.34. The van der Waals surface area contributed by atoms with Crippen molar-refractivity contribution in [1.82, 2.24) is 10.2 Å². The van der Waals surface area contributed by atoms with Crippen LogP contribution >= 0.6 is 0 Å². The molecule has 0 saturated carbocycles. The zero-order valence-corrected chi connectivity index (χ0v) is 13.5. The molecule has 1 aromatic rings. The van der Waals surface area contributed by atoms with Gasteiger partial charge in [-0.05, 0) is 43.2 Å². The van der Waals surface area contributed by atoms with Gasteiger partial charge in [-0.15, -0.1) is 0 Å². The Morgan fingerprint density at radius 1 is 1.35 bits per heavy atom. The van der Waals surface area contributed by atoms with E-state index >= 15 is 0 Å². The van der Waals surface area contributed by atoms with Crippen LogP contribution in [0.4, 0.5) is 4.79 Å². The number of aliphatic hydroxyl groups excluding tert-OH is 1. The van der Waals surface area contributed by atoms with E-state index in [9.17, 15) is 9.90 Å². The van der Waals surface area contributed by atoms with Gasteiger partial charge < -0.3 is 20.1 Å². The number of carbonyl (C=O) groups excluding carboxylic acids is 1. The highest BCUT2D eigenvalue weighted by atomic mass is 16.5. The number of hydrogen-bond donors (Lipinski definition) is 2. The summed E-state index contributed by atoms with van der Waals surface area (Å²) in [6, 6.07) is 8.59. The average Bonchev–Trinajstić information content (AvgIpc) is 3.08. The Labute approximate surface area is 137 Å². The van der Waals surface area contributed by atoms with Crippen LogP contribution < -0.4 is 5.32 Å². The molecule has 0 aromatic heterocycles. The molecule has 5 nitrogen and oxygen atoms in total. The summed E-state index contributed by atoms with van der Waals surface area (Å²) in [5, 5.41) is 12.3. The van der Waals surface area contributed by atoms with Crippen molar-refractivity contribution in [2.45, 2.75) is 44.2 Å². The van der Waals surface area contributed by atoms with Gasteiger partial charge in [-0.25, -0.2) is 4.79 Å². The minimum atomic E-state index is -0.0318. The van der Waals surface area contributed by atoms with Crippen molar-refractivity contribution in [2.75, 3.05) is 26.4 Å². The van der Waals surface area contributed by atoms with Gasteiger partial charge in [-0.1, -0.05) is 24.3 Å². The first kappa shape index (κ1) is 16.3. The summed E-state index contributed by atoms with van der Waals surface area (Å²) in [5.41, 5.74) is 2.60. The van der Waals surface area contributed by atoms with Crippen LogP contribution in [0.2, 0.25) is 0 Å². The Morgan fingerprint density at radius 2 is 2.22 bits per heavy atom. The summed E-state index contributed by atoms with van der Waals surface area (Å²) in [4.78, 5) is 14.7. The quantitative estimate of drug-likeness (QED) is 0.875. The van der Waals surface area contributed by atoms with E-state index in [0.717, 1.165) is 25.7 Å². The highest BCUT2D eigenvalue weighted by molar-refractivity contribution is 5.75. The molecule has 1 fully saturated rings. The second-order valence-electron chi connectivity index (χ2n) is 6.39. The Balaban J connectivity index is 1.77. The van der Waals surface area contributed by atoms with Crippen molar-refractivity contribution in [2.24, 2.45) is 0 Å². The van der Waals surface area contributed by atoms with Gasteiger partial charge in [0.1, 0.15) is 0 Å². The highest BCUT2D eigenvalue weighted by Gasteiger charge is 2.30. The maximum Gasteiger partial charge on any atom is 0.318 e. The molecule has 1 aromatic carbocycles. The van der Waals surface area contributed by atoms with Crippen LogP contribution in [0.5, 0.6) is 0 Å². The number of urea groups is 1. The molecule has 23 heavy (non-hydrogen) atoms. The number of benzene rings is 1.